The standard InChI is InChI=1S/C18H6F4O6/c19-17(18(20,21)22,7-1-3-9-11(5-7)15(25)27-13(9)23)8-2-4-10-12(6-8)16(26)28-14(10)24/h1-6H. The quantitative estimate of drug-likeness (QED) is 0.442. The van der Waals surface area contributed by atoms with Crippen molar-refractivity contribution in [3.05, 3.63) is 69.8 Å². The van der Waals surface area contributed by atoms with Gasteiger partial charge in [-0.25, -0.2) is 23.6 Å². The molecule has 2 aliphatic heterocycles. The fourth-order valence-electron chi connectivity index (χ4n) is 3.09. The molecule has 10 heteroatoms. The number of fused-ring (bicyclic) bond motifs is 2. The van der Waals surface area contributed by atoms with Gasteiger partial charge in [-0.2, -0.15) is 13.2 Å². The van der Waals surface area contributed by atoms with Gasteiger partial charge in [0.1, 0.15) is 0 Å². The number of esters is 4. The highest BCUT2D eigenvalue weighted by Crippen LogP contribution is 2.49. The Bertz CT molecular complexity index is 1020. The van der Waals surface area contributed by atoms with Gasteiger partial charge in [0.05, 0.1) is 22.3 Å². The highest BCUT2D eigenvalue weighted by Gasteiger charge is 2.59. The summed E-state index contributed by atoms with van der Waals surface area (Å²) in [5, 5.41) is 0. The first-order valence-electron chi connectivity index (χ1n) is 7.61. The lowest BCUT2D eigenvalue weighted by Crippen LogP contribution is -2.39. The molecule has 2 aromatic carbocycles. The van der Waals surface area contributed by atoms with E-state index in [9.17, 15) is 32.3 Å². The average Bonchev–Trinajstić information content (AvgIpc) is 3.08. The molecule has 0 fully saturated rings. The third-order valence-corrected chi connectivity index (χ3v) is 4.48. The predicted octanol–water partition coefficient (Wildman–Crippen LogP) is 3.08. The fourth-order valence-corrected chi connectivity index (χ4v) is 3.09. The van der Waals surface area contributed by atoms with Crippen LogP contribution in [0.3, 0.4) is 0 Å². The predicted molar refractivity (Wildman–Crippen MR) is 80.3 cm³/mol. The van der Waals surface area contributed by atoms with Crippen LogP contribution in [0.4, 0.5) is 17.6 Å². The van der Waals surface area contributed by atoms with E-state index in [1.54, 1.807) is 0 Å². The van der Waals surface area contributed by atoms with E-state index in [4.69, 9.17) is 0 Å². The zero-order valence-corrected chi connectivity index (χ0v) is 13.4. The molecule has 0 bridgehead atoms. The Balaban J connectivity index is 1.93. The van der Waals surface area contributed by atoms with Gasteiger partial charge in [-0.1, -0.05) is 12.1 Å². The van der Waals surface area contributed by atoms with Crippen molar-refractivity contribution in [3.63, 3.8) is 0 Å². The Morgan fingerprint density at radius 1 is 0.571 bits per heavy atom. The molecule has 0 radical (unpaired) electrons. The second-order valence-corrected chi connectivity index (χ2v) is 6.03. The van der Waals surface area contributed by atoms with Crippen LogP contribution in [0.5, 0.6) is 0 Å². The molecular formula is C18H6F4O6. The molecule has 0 saturated carbocycles. The largest absolute Gasteiger partial charge is 0.431 e. The normalized spacial score (nSPS) is 16.0. The maximum absolute atomic E-state index is 15.5. The maximum atomic E-state index is 15.5. The number of hydrogen-bond acceptors (Lipinski definition) is 6. The minimum atomic E-state index is -5.51. The summed E-state index contributed by atoms with van der Waals surface area (Å²) in [5.41, 5.74) is -7.74. The Labute approximate surface area is 152 Å². The summed E-state index contributed by atoms with van der Waals surface area (Å²) < 4.78 is 65.5. The van der Waals surface area contributed by atoms with Crippen LogP contribution in [-0.2, 0) is 15.1 Å². The van der Waals surface area contributed by atoms with Crippen LogP contribution in [0.15, 0.2) is 36.4 Å². The molecule has 2 heterocycles. The van der Waals surface area contributed by atoms with Gasteiger partial charge in [0, 0.05) is 11.1 Å². The van der Waals surface area contributed by atoms with Gasteiger partial charge >= 0.3 is 30.1 Å². The molecule has 142 valence electrons. The van der Waals surface area contributed by atoms with Crippen LogP contribution >= 0.6 is 0 Å². The average molecular weight is 394 g/mol. The van der Waals surface area contributed by atoms with Gasteiger partial charge in [0.15, 0.2) is 0 Å². The monoisotopic (exact) mass is 394 g/mol. The molecular weight excluding hydrogens is 388 g/mol. The molecule has 2 aromatic rings. The van der Waals surface area contributed by atoms with Crippen LogP contribution in [0.2, 0.25) is 0 Å². The van der Waals surface area contributed by atoms with Gasteiger partial charge in [0.25, 0.3) is 5.67 Å². The first-order valence-corrected chi connectivity index (χ1v) is 7.61. The Kier molecular flexibility index (Phi) is 3.49. The van der Waals surface area contributed by atoms with Crippen LogP contribution < -0.4 is 0 Å². The van der Waals surface area contributed by atoms with Crippen LogP contribution in [-0.4, -0.2) is 30.1 Å². The van der Waals surface area contributed by atoms with E-state index in [2.05, 4.69) is 9.47 Å². The minimum Gasteiger partial charge on any atom is -0.386 e. The van der Waals surface area contributed by atoms with Crippen molar-refractivity contribution in [2.45, 2.75) is 11.8 Å². The van der Waals surface area contributed by atoms with Gasteiger partial charge in [-0.05, 0) is 24.3 Å². The van der Waals surface area contributed by atoms with Crippen molar-refractivity contribution >= 4 is 23.9 Å². The summed E-state index contributed by atoms with van der Waals surface area (Å²) in [6.07, 6.45) is -5.51. The maximum Gasteiger partial charge on any atom is 0.431 e. The zero-order valence-electron chi connectivity index (χ0n) is 13.4. The van der Waals surface area contributed by atoms with Crippen molar-refractivity contribution in [2.75, 3.05) is 0 Å². The molecule has 6 nitrogen and oxygen atoms in total. The summed E-state index contributed by atoms with van der Waals surface area (Å²) in [4.78, 5) is 46.2. The van der Waals surface area contributed by atoms with Gasteiger partial charge < -0.3 is 9.47 Å². The van der Waals surface area contributed by atoms with Gasteiger partial charge in [-0.15, -0.1) is 0 Å². The van der Waals surface area contributed by atoms with Crippen molar-refractivity contribution in [2.24, 2.45) is 0 Å². The molecule has 0 N–H and O–H groups in total. The molecule has 4 rings (SSSR count). The molecule has 0 saturated heterocycles. The Hall–Kier alpha value is -3.56. The lowest BCUT2D eigenvalue weighted by Gasteiger charge is -2.29. The van der Waals surface area contributed by atoms with Crippen LogP contribution in [0.25, 0.3) is 0 Å². The number of cyclic esters (lactones) is 4. The molecule has 0 unspecified atom stereocenters. The van der Waals surface area contributed by atoms with Gasteiger partial charge in [-0.3, -0.25) is 0 Å². The second-order valence-electron chi connectivity index (χ2n) is 6.03. The first kappa shape index (κ1) is 17.8. The fraction of sp³-hybridized carbons (Fsp3) is 0.111. The van der Waals surface area contributed by atoms with E-state index in [1.165, 1.54) is 0 Å². The van der Waals surface area contributed by atoms with E-state index in [0.717, 1.165) is 12.1 Å². The number of ether oxygens (including phenoxy) is 2. The SMILES string of the molecule is O=C1OC(=O)c2cc(C(F)(c3ccc4c(c3)C(=O)OC4=O)C(F)(F)F)ccc21. The lowest BCUT2D eigenvalue weighted by atomic mass is 9.84. The van der Waals surface area contributed by atoms with E-state index < -0.39 is 58.0 Å². The van der Waals surface area contributed by atoms with Crippen molar-refractivity contribution < 1.29 is 46.2 Å². The van der Waals surface area contributed by atoms with Crippen molar-refractivity contribution in [3.8, 4) is 0 Å². The molecule has 0 aromatic heterocycles. The first-order chi connectivity index (χ1) is 13.0. The summed E-state index contributed by atoms with van der Waals surface area (Å²) >= 11 is 0. The minimum absolute atomic E-state index is 0.290. The summed E-state index contributed by atoms with van der Waals surface area (Å²) in [6.45, 7) is 0. The molecule has 2 aliphatic rings. The van der Waals surface area contributed by atoms with E-state index in [0.29, 0.717) is 24.3 Å². The summed E-state index contributed by atoms with van der Waals surface area (Å²) in [6, 6.07) is 4.25. The number of halogens is 4. The Morgan fingerprint density at radius 2 is 0.929 bits per heavy atom. The zero-order chi connectivity index (χ0) is 20.4. The smallest absolute Gasteiger partial charge is 0.386 e. The molecule has 0 atom stereocenters. The number of alkyl halides is 4. The second kappa shape index (κ2) is 5.47. The number of rotatable bonds is 2. The van der Waals surface area contributed by atoms with Crippen molar-refractivity contribution in [1.82, 2.24) is 0 Å². The Morgan fingerprint density at radius 3 is 1.29 bits per heavy atom. The number of hydrogen-bond donors (Lipinski definition) is 0. The highest BCUT2D eigenvalue weighted by molar-refractivity contribution is 6.15. The summed E-state index contributed by atoms with van der Waals surface area (Å²) in [5.74, 6) is -4.51. The molecule has 0 aliphatic carbocycles. The summed E-state index contributed by atoms with van der Waals surface area (Å²) in [7, 11) is 0. The van der Waals surface area contributed by atoms with E-state index >= 15 is 4.39 Å². The highest BCUT2D eigenvalue weighted by atomic mass is 19.4. The third-order valence-electron chi connectivity index (χ3n) is 4.48. The van der Waals surface area contributed by atoms with Crippen molar-refractivity contribution in [1.29, 1.82) is 0 Å². The van der Waals surface area contributed by atoms with E-state index in [-0.39, 0.29) is 11.1 Å². The van der Waals surface area contributed by atoms with Crippen LogP contribution in [0, 0.1) is 0 Å². The molecule has 28 heavy (non-hydrogen) atoms. The van der Waals surface area contributed by atoms with E-state index in [1.807, 2.05) is 0 Å². The number of carbonyl (C=O) groups is 4. The molecule has 0 amide bonds. The topological polar surface area (TPSA) is 86.7 Å². The number of carbonyl (C=O) groups excluding carboxylic acids is 4. The molecule has 0 spiro atoms. The lowest BCUT2D eigenvalue weighted by molar-refractivity contribution is -0.219. The van der Waals surface area contributed by atoms with Gasteiger partial charge in [0.2, 0.25) is 0 Å². The van der Waals surface area contributed by atoms with Crippen LogP contribution in [0.1, 0.15) is 52.6 Å². The third kappa shape index (κ3) is 2.27. The number of benzene rings is 2.